The van der Waals surface area contributed by atoms with Crippen molar-refractivity contribution < 1.29 is 9.59 Å². The minimum Gasteiger partial charge on any atom is -0.364 e. The third-order valence-electron chi connectivity index (χ3n) is 9.07. The highest BCUT2D eigenvalue weighted by atomic mass is 16.1. The van der Waals surface area contributed by atoms with Crippen LogP contribution in [0.2, 0.25) is 0 Å². The van der Waals surface area contributed by atoms with Crippen molar-refractivity contribution in [1.29, 1.82) is 0 Å². The average Bonchev–Trinajstić information content (AvgIpc) is 2.82. The quantitative estimate of drug-likeness (QED) is 0.532. The van der Waals surface area contributed by atoms with Gasteiger partial charge in [-0.05, 0) is 103 Å². The Morgan fingerprint density at radius 1 is 0.844 bits per heavy atom. The SMILES string of the molecule is CC1=CC=CCN1CC(=O)C1CCC(C2CCC(C(=O)CN3CCCCC3C)CC2)CC1. The van der Waals surface area contributed by atoms with E-state index in [2.05, 4.69) is 41.9 Å². The molecule has 1 unspecified atom stereocenters. The summed E-state index contributed by atoms with van der Waals surface area (Å²) in [7, 11) is 0. The van der Waals surface area contributed by atoms with Crippen LogP contribution in [0, 0.1) is 23.7 Å². The van der Waals surface area contributed by atoms with E-state index in [-0.39, 0.29) is 5.92 Å². The van der Waals surface area contributed by atoms with Crippen molar-refractivity contribution in [2.75, 3.05) is 26.2 Å². The topological polar surface area (TPSA) is 40.6 Å². The molecule has 2 saturated carbocycles. The Kier molecular flexibility index (Phi) is 8.26. The Morgan fingerprint density at radius 3 is 2.00 bits per heavy atom. The molecule has 0 spiro atoms. The summed E-state index contributed by atoms with van der Waals surface area (Å²) in [5, 5.41) is 0. The second-order valence-corrected chi connectivity index (χ2v) is 11.1. The number of ketones is 2. The van der Waals surface area contributed by atoms with Crippen LogP contribution in [0.15, 0.2) is 23.9 Å². The van der Waals surface area contributed by atoms with Crippen molar-refractivity contribution in [3.8, 4) is 0 Å². The molecule has 178 valence electrons. The van der Waals surface area contributed by atoms with Crippen LogP contribution in [0.25, 0.3) is 0 Å². The van der Waals surface area contributed by atoms with Crippen LogP contribution in [0.3, 0.4) is 0 Å². The molecule has 4 rings (SSSR count). The zero-order valence-electron chi connectivity index (χ0n) is 20.4. The van der Waals surface area contributed by atoms with Gasteiger partial charge in [-0.15, -0.1) is 0 Å². The maximum absolute atomic E-state index is 12.9. The third kappa shape index (κ3) is 5.92. The molecule has 0 aromatic heterocycles. The van der Waals surface area contributed by atoms with Gasteiger partial charge in [-0.3, -0.25) is 14.5 Å². The second kappa shape index (κ2) is 11.1. The molecular formula is C28H44N2O2. The lowest BCUT2D eigenvalue weighted by atomic mass is 9.68. The van der Waals surface area contributed by atoms with E-state index in [0.717, 1.165) is 50.6 Å². The molecule has 0 bridgehead atoms. The molecule has 0 radical (unpaired) electrons. The first-order valence-corrected chi connectivity index (χ1v) is 13.4. The zero-order chi connectivity index (χ0) is 22.5. The van der Waals surface area contributed by atoms with Crippen LogP contribution >= 0.6 is 0 Å². The largest absolute Gasteiger partial charge is 0.364 e. The number of hydrogen-bond acceptors (Lipinski definition) is 4. The summed E-state index contributed by atoms with van der Waals surface area (Å²) in [4.78, 5) is 30.4. The fraction of sp³-hybridized carbons (Fsp3) is 0.786. The van der Waals surface area contributed by atoms with Gasteiger partial charge >= 0.3 is 0 Å². The fourth-order valence-corrected chi connectivity index (χ4v) is 6.70. The number of nitrogens with zero attached hydrogens (tertiary/aromatic N) is 2. The first-order valence-electron chi connectivity index (χ1n) is 13.4. The van der Waals surface area contributed by atoms with Crippen LogP contribution in [0.5, 0.6) is 0 Å². The predicted octanol–water partition coefficient (Wildman–Crippen LogP) is 5.39. The van der Waals surface area contributed by atoms with Crippen molar-refractivity contribution in [3.63, 3.8) is 0 Å². The highest BCUT2D eigenvalue weighted by molar-refractivity contribution is 5.83. The summed E-state index contributed by atoms with van der Waals surface area (Å²) in [6.45, 7) is 7.61. The summed E-state index contributed by atoms with van der Waals surface area (Å²) >= 11 is 0. The number of carbonyl (C=O) groups excluding carboxylic acids is 2. The van der Waals surface area contributed by atoms with E-state index >= 15 is 0 Å². The van der Waals surface area contributed by atoms with E-state index in [9.17, 15) is 9.59 Å². The van der Waals surface area contributed by atoms with Crippen LogP contribution in [0.4, 0.5) is 0 Å². The van der Waals surface area contributed by atoms with Crippen molar-refractivity contribution in [2.24, 2.45) is 23.7 Å². The Bertz CT molecular complexity index is 711. The van der Waals surface area contributed by atoms with Crippen molar-refractivity contribution in [3.05, 3.63) is 23.9 Å². The average molecular weight is 441 g/mol. The molecule has 0 aromatic carbocycles. The number of Topliss-reactive ketones (excluding diaryl/α,β-unsaturated/α-hetero) is 2. The Hall–Kier alpha value is -1.42. The molecule has 32 heavy (non-hydrogen) atoms. The van der Waals surface area contributed by atoms with E-state index in [1.54, 1.807) is 0 Å². The number of allylic oxidation sites excluding steroid dienone is 3. The van der Waals surface area contributed by atoms with Crippen molar-refractivity contribution >= 4 is 11.6 Å². The molecule has 2 aliphatic carbocycles. The maximum atomic E-state index is 12.9. The molecule has 2 aliphatic heterocycles. The molecule has 2 heterocycles. The van der Waals surface area contributed by atoms with Crippen LogP contribution in [0.1, 0.15) is 84.5 Å². The molecular weight excluding hydrogens is 396 g/mol. The number of piperidine rings is 1. The highest BCUT2D eigenvalue weighted by Crippen LogP contribution is 2.42. The molecule has 4 aliphatic rings. The van der Waals surface area contributed by atoms with E-state index < -0.39 is 0 Å². The van der Waals surface area contributed by atoms with E-state index in [1.165, 1.54) is 50.6 Å². The minimum atomic E-state index is 0.259. The number of carbonyl (C=O) groups is 2. The first-order chi connectivity index (χ1) is 15.5. The molecule has 1 atom stereocenters. The number of rotatable bonds is 7. The van der Waals surface area contributed by atoms with Crippen molar-refractivity contribution in [1.82, 2.24) is 9.80 Å². The summed E-state index contributed by atoms with van der Waals surface area (Å²) in [5.41, 5.74) is 1.20. The standard InChI is InChI=1S/C28H44N2O2/c1-21-7-3-5-17-29(21)19-27(31)25-13-9-23(10-14-25)24-11-15-26(16-12-24)28(32)20-30-18-6-4-8-22(30)2/h3,5,7,22-26H,4,6,8-20H2,1-2H3. The molecule has 4 heteroatoms. The molecule has 1 saturated heterocycles. The fourth-order valence-electron chi connectivity index (χ4n) is 6.70. The summed E-state index contributed by atoms with van der Waals surface area (Å²) in [6, 6.07) is 0.577. The third-order valence-corrected chi connectivity index (χ3v) is 9.07. The summed E-state index contributed by atoms with van der Waals surface area (Å²) in [6.07, 6.45) is 19.3. The first kappa shape index (κ1) is 23.7. The zero-order valence-corrected chi connectivity index (χ0v) is 20.4. The van der Waals surface area contributed by atoms with Crippen LogP contribution in [-0.2, 0) is 9.59 Å². The lowest BCUT2D eigenvalue weighted by molar-refractivity contribution is -0.127. The minimum absolute atomic E-state index is 0.259. The van der Waals surface area contributed by atoms with Gasteiger partial charge in [0.2, 0.25) is 0 Å². The molecule has 4 nitrogen and oxygen atoms in total. The Morgan fingerprint density at radius 2 is 1.44 bits per heavy atom. The van der Waals surface area contributed by atoms with E-state index in [4.69, 9.17) is 0 Å². The van der Waals surface area contributed by atoms with Gasteiger partial charge in [-0.2, -0.15) is 0 Å². The van der Waals surface area contributed by atoms with Gasteiger partial charge in [-0.1, -0.05) is 18.6 Å². The summed E-state index contributed by atoms with van der Waals surface area (Å²) < 4.78 is 0. The molecule has 0 amide bonds. The van der Waals surface area contributed by atoms with Gasteiger partial charge in [0.15, 0.2) is 5.78 Å². The predicted molar refractivity (Wildman–Crippen MR) is 130 cm³/mol. The molecule has 0 aromatic rings. The Labute approximate surface area is 195 Å². The second-order valence-electron chi connectivity index (χ2n) is 11.1. The van der Waals surface area contributed by atoms with E-state index in [1.807, 2.05) is 0 Å². The number of likely N-dealkylation sites (tertiary alicyclic amines) is 1. The van der Waals surface area contributed by atoms with Gasteiger partial charge in [0.1, 0.15) is 5.78 Å². The van der Waals surface area contributed by atoms with Crippen LogP contribution in [-0.4, -0.2) is 53.6 Å². The summed E-state index contributed by atoms with van der Waals surface area (Å²) in [5.74, 6) is 3.05. The van der Waals surface area contributed by atoms with Gasteiger partial charge in [0.25, 0.3) is 0 Å². The van der Waals surface area contributed by atoms with Gasteiger partial charge < -0.3 is 4.90 Å². The maximum Gasteiger partial charge on any atom is 0.155 e. The van der Waals surface area contributed by atoms with Crippen molar-refractivity contribution in [2.45, 2.75) is 90.5 Å². The van der Waals surface area contributed by atoms with E-state index in [0.29, 0.717) is 36.6 Å². The van der Waals surface area contributed by atoms with Gasteiger partial charge in [-0.25, -0.2) is 0 Å². The smallest absolute Gasteiger partial charge is 0.155 e. The lowest BCUT2D eigenvalue weighted by Gasteiger charge is -2.38. The normalized spacial score (nSPS) is 34.2. The molecule has 3 fully saturated rings. The van der Waals surface area contributed by atoms with Gasteiger partial charge in [0.05, 0.1) is 13.1 Å². The van der Waals surface area contributed by atoms with Gasteiger partial charge in [0, 0.05) is 30.1 Å². The Balaban J connectivity index is 1.17. The molecule has 0 N–H and O–H groups in total. The highest BCUT2D eigenvalue weighted by Gasteiger charge is 2.35. The monoisotopic (exact) mass is 440 g/mol. The lowest BCUT2D eigenvalue weighted by Crippen LogP contribution is -2.43. The number of hydrogen-bond donors (Lipinski definition) is 0. The van der Waals surface area contributed by atoms with Crippen LogP contribution < -0.4 is 0 Å².